The van der Waals surface area contributed by atoms with Crippen molar-refractivity contribution >= 4 is 51.5 Å². The molecule has 4 aromatic rings. The molecule has 0 spiro atoms. The molecule has 1 amide bonds. The monoisotopic (exact) mass is 465 g/mol. The first-order valence-corrected chi connectivity index (χ1v) is 11.2. The van der Waals surface area contributed by atoms with Crippen molar-refractivity contribution in [1.82, 2.24) is 0 Å². The second kappa shape index (κ2) is 8.26. The number of aryl methyl sites for hydroxylation is 1. The zero-order valence-corrected chi connectivity index (χ0v) is 18.2. The molecule has 0 aliphatic heterocycles. The van der Waals surface area contributed by atoms with Gasteiger partial charge in [0.1, 0.15) is 11.3 Å². The number of ether oxygens (including phenoxy) is 1. The van der Waals surface area contributed by atoms with Crippen LogP contribution in [0.3, 0.4) is 0 Å². The maximum atomic E-state index is 12.7. The van der Waals surface area contributed by atoms with Crippen molar-refractivity contribution < 1.29 is 18.7 Å². The zero-order chi connectivity index (χ0) is 22.2. The second-order valence-electron chi connectivity index (χ2n) is 7.37. The average Bonchev–Trinajstić information content (AvgIpc) is 3.48. The van der Waals surface area contributed by atoms with Gasteiger partial charge in [0, 0.05) is 17.0 Å². The number of hydrogen-bond donors (Lipinski definition) is 1. The lowest BCUT2D eigenvalue weighted by Gasteiger charge is -2.10. The molecule has 0 unspecified atom stereocenters. The summed E-state index contributed by atoms with van der Waals surface area (Å²) in [4.78, 5) is 37.8. The highest BCUT2D eigenvalue weighted by Crippen LogP contribution is 2.30. The molecule has 160 valence electrons. The molecule has 2 heterocycles. The molecule has 0 bridgehead atoms. The van der Waals surface area contributed by atoms with Gasteiger partial charge < -0.3 is 14.5 Å². The third-order valence-electron chi connectivity index (χ3n) is 5.35. The number of hydrogen-bond acceptors (Lipinski definition) is 6. The van der Waals surface area contributed by atoms with E-state index in [2.05, 4.69) is 5.32 Å². The fourth-order valence-electron chi connectivity index (χ4n) is 3.83. The van der Waals surface area contributed by atoms with E-state index in [4.69, 9.17) is 20.8 Å². The number of carbonyl (C=O) groups is 2. The van der Waals surface area contributed by atoms with E-state index >= 15 is 0 Å². The molecule has 0 radical (unpaired) electrons. The number of rotatable bonds is 4. The van der Waals surface area contributed by atoms with Gasteiger partial charge in [0.15, 0.2) is 0 Å². The van der Waals surface area contributed by atoms with Crippen LogP contribution < -0.4 is 15.7 Å². The summed E-state index contributed by atoms with van der Waals surface area (Å²) >= 11 is 7.49. The van der Waals surface area contributed by atoms with Gasteiger partial charge in [-0.15, -0.1) is 11.3 Å². The minimum absolute atomic E-state index is 0.214. The van der Waals surface area contributed by atoms with E-state index in [0.29, 0.717) is 21.2 Å². The Kier molecular flexibility index (Phi) is 5.28. The van der Waals surface area contributed by atoms with Crippen molar-refractivity contribution in [3.8, 4) is 5.75 Å². The van der Waals surface area contributed by atoms with E-state index < -0.39 is 5.97 Å². The van der Waals surface area contributed by atoms with Gasteiger partial charge >= 0.3 is 11.6 Å². The summed E-state index contributed by atoms with van der Waals surface area (Å²) in [6.07, 6.45) is 2.49. The van der Waals surface area contributed by atoms with Crippen LogP contribution in [0.2, 0.25) is 5.02 Å². The number of fused-ring (bicyclic) bond motifs is 3. The molecule has 0 saturated carbocycles. The first kappa shape index (κ1) is 20.5. The van der Waals surface area contributed by atoms with Gasteiger partial charge in [0.05, 0.1) is 21.2 Å². The lowest BCUT2D eigenvalue weighted by Crippen LogP contribution is -2.13. The first-order chi connectivity index (χ1) is 15.5. The summed E-state index contributed by atoms with van der Waals surface area (Å²) in [5.41, 5.74) is 2.32. The summed E-state index contributed by atoms with van der Waals surface area (Å²) in [5, 5.41) is 5.67. The third kappa shape index (κ3) is 3.81. The van der Waals surface area contributed by atoms with Gasteiger partial charge in [-0.1, -0.05) is 17.7 Å². The largest absolute Gasteiger partial charge is 0.423 e. The Bertz CT molecular complexity index is 1420. The van der Waals surface area contributed by atoms with Crippen molar-refractivity contribution in [2.45, 2.75) is 19.3 Å². The quantitative estimate of drug-likeness (QED) is 0.245. The maximum Gasteiger partial charge on any atom is 0.343 e. The van der Waals surface area contributed by atoms with Gasteiger partial charge in [-0.05, 0) is 66.6 Å². The summed E-state index contributed by atoms with van der Waals surface area (Å²) in [6.45, 7) is 0. The summed E-state index contributed by atoms with van der Waals surface area (Å²) in [5.74, 6) is -0.691. The molecule has 1 aliphatic rings. The van der Waals surface area contributed by atoms with Crippen LogP contribution in [0, 0.1) is 0 Å². The fraction of sp³-hybridized carbons (Fsp3) is 0.125. The third-order valence-corrected chi connectivity index (χ3v) is 6.55. The van der Waals surface area contributed by atoms with Crippen LogP contribution >= 0.6 is 22.9 Å². The Morgan fingerprint density at radius 3 is 2.72 bits per heavy atom. The molecular formula is C24H16ClNO5S. The van der Waals surface area contributed by atoms with Crippen molar-refractivity contribution in [2.24, 2.45) is 0 Å². The predicted molar refractivity (Wildman–Crippen MR) is 123 cm³/mol. The summed E-state index contributed by atoms with van der Waals surface area (Å²) < 4.78 is 10.9. The molecule has 32 heavy (non-hydrogen) atoms. The smallest absolute Gasteiger partial charge is 0.343 e. The summed E-state index contributed by atoms with van der Waals surface area (Å²) in [7, 11) is 0. The normalized spacial score (nSPS) is 12.5. The number of anilines is 1. The van der Waals surface area contributed by atoms with Gasteiger partial charge in [-0.2, -0.15) is 0 Å². The number of halogens is 1. The van der Waals surface area contributed by atoms with Crippen molar-refractivity contribution in [3.05, 3.63) is 90.9 Å². The van der Waals surface area contributed by atoms with Crippen LogP contribution in [0.5, 0.6) is 5.75 Å². The predicted octanol–water partition coefficient (Wildman–Crippen LogP) is 5.47. The van der Waals surface area contributed by atoms with Crippen LogP contribution in [0.25, 0.3) is 11.0 Å². The molecule has 5 rings (SSSR count). The Labute approximate surface area is 191 Å². The standard InChI is InChI=1S/C24H16ClNO5S/c25-18-9-6-13(11-19(18)26-22(27)21-5-2-10-32-21)23(28)30-14-7-8-16-15-3-1-4-17(15)24(29)31-20(16)12-14/h2,5-12H,1,3-4H2,(H,26,27). The van der Waals surface area contributed by atoms with Crippen LogP contribution in [0.15, 0.2) is 63.1 Å². The van der Waals surface area contributed by atoms with Gasteiger partial charge in [-0.25, -0.2) is 9.59 Å². The van der Waals surface area contributed by atoms with E-state index in [1.165, 1.54) is 29.5 Å². The van der Waals surface area contributed by atoms with Gasteiger partial charge in [-0.3, -0.25) is 4.79 Å². The van der Waals surface area contributed by atoms with E-state index in [9.17, 15) is 14.4 Å². The van der Waals surface area contributed by atoms with Gasteiger partial charge in [0.25, 0.3) is 5.91 Å². The van der Waals surface area contributed by atoms with E-state index in [1.807, 2.05) is 0 Å². The van der Waals surface area contributed by atoms with E-state index in [1.54, 1.807) is 35.7 Å². The molecule has 8 heteroatoms. The molecule has 1 N–H and O–H groups in total. The number of carbonyl (C=O) groups excluding carboxylic acids is 2. The molecule has 0 fully saturated rings. The number of nitrogens with one attached hydrogen (secondary N) is 1. The minimum Gasteiger partial charge on any atom is -0.423 e. The minimum atomic E-state index is -0.629. The number of benzene rings is 2. The number of esters is 1. The highest BCUT2D eigenvalue weighted by Gasteiger charge is 2.20. The van der Waals surface area contributed by atoms with E-state index in [0.717, 1.165) is 35.8 Å². The molecule has 6 nitrogen and oxygen atoms in total. The fourth-order valence-corrected chi connectivity index (χ4v) is 4.62. The molecule has 0 atom stereocenters. The zero-order valence-electron chi connectivity index (χ0n) is 16.6. The SMILES string of the molecule is O=C(Oc1ccc2c3c(c(=O)oc2c1)CCC3)c1ccc(Cl)c(NC(=O)c2cccs2)c1. The van der Waals surface area contributed by atoms with Crippen LogP contribution in [-0.4, -0.2) is 11.9 Å². The van der Waals surface area contributed by atoms with Crippen molar-refractivity contribution in [3.63, 3.8) is 0 Å². The summed E-state index contributed by atoms with van der Waals surface area (Å²) in [6, 6.07) is 13.0. The lowest BCUT2D eigenvalue weighted by molar-refractivity contribution is 0.0734. The molecule has 0 saturated heterocycles. The highest BCUT2D eigenvalue weighted by atomic mass is 35.5. The maximum absolute atomic E-state index is 12.7. The topological polar surface area (TPSA) is 85.6 Å². The van der Waals surface area contributed by atoms with Gasteiger partial charge in [0.2, 0.25) is 0 Å². The average molecular weight is 466 g/mol. The van der Waals surface area contributed by atoms with Crippen LogP contribution in [0.4, 0.5) is 5.69 Å². The van der Waals surface area contributed by atoms with Crippen LogP contribution in [-0.2, 0) is 12.8 Å². The Morgan fingerprint density at radius 2 is 1.91 bits per heavy atom. The molecule has 2 aromatic carbocycles. The Balaban J connectivity index is 1.39. The molecular weight excluding hydrogens is 450 g/mol. The lowest BCUT2D eigenvalue weighted by atomic mass is 10.1. The Morgan fingerprint density at radius 1 is 1.06 bits per heavy atom. The number of amides is 1. The van der Waals surface area contributed by atoms with Crippen molar-refractivity contribution in [1.29, 1.82) is 0 Å². The first-order valence-electron chi connectivity index (χ1n) is 9.95. The van der Waals surface area contributed by atoms with Crippen molar-refractivity contribution in [2.75, 3.05) is 5.32 Å². The van der Waals surface area contributed by atoms with Crippen LogP contribution in [0.1, 0.15) is 37.6 Å². The van der Waals surface area contributed by atoms with E-state index in [-0.39, 0.29) is 22.8 Å². The number of thiophene rings is 1. The molecule has 2 aromatic heterocycles. The Hall–Kier alpha value is -3.42. The molecule has 1 aliphatic carbocycles. The second-order valence-corrected chi connectivity index (χ2v) is 8.73. The highest BCUT2D eigenvalue weighted by molar-refractivity contribution is 7.12.